The van der Waals surface area contributed by atoms with Crippen LogP contribution in [0.3, 0.4) is 0 Å². The standard InChI is InChI=1S/C9H16O3/c1-5-7-11-9(3,4)12-8(10)6-2/h6H,2,5,7H2,1,3-4H3. The Kier molecular flexibility index (Phi) is 4.59. The van der Waals surface area contributed by atoms with Crippen molar-refractivity contribution in [3.63, 3.8) is 0 Å². The van der Waals surface area contributed by atoms with Gasteiger partial charge in [0.2, 0.25) is 5.79 Å². The van der Waals surface area contributed by atoms with Crippen molar-refractivity contribution in [3.05, 3.63) is 12.7 Å². The molecule has 0 unspecified atom stereocenters. The van der Waals surface area contributed by atoms with E-state index >= 15 is 0 Å². The fourth-order valence-electron chi connectivity index (χ4n) is 0.661. The van der Waals surface area contributed by atoms with Crippen molar-refractivity contribution in [1.29, 1.82) is 0 Å². The minimum Gasteiger partial charge on any atom is -0.431 e. The maximum atomic E-state index is 10.8. The Morgan fingerprint density at radius 3 is 2.58 bits per heavy atom. The zero-order chi connectivity index (χ0) is 9.61. The predicted octanol–water partition coefficient (Wildman–Crippen LogP) is 1.88. The molecule has 0 fully saturated rings. The molecule has 0 saturated heterocycles. The average Bonchev–Trinajstić information content (AvgIpc) is 2.00. The van der Waals surface area contributed by atoms with Crippen LogP contribution in [0.25, 0.3) is 0 Å². The van der Waals surface area contributed by atoms with Crippen molar-refractivity contribution in [2.45, 2.75) is 33.0 Å². The van der Waals surface area contributed by atoms with Gasteiger partial charge in [0.15, 0.2) is 0 Å². The highest BCUT2D eigenvalue weighted by molar-refractivity contribution is 5.81. The molecule has 0 bridgehead atoms. The molecule has 0 heterocycles. The van der Waals surface area contributed by atoms with E-state index in [1.807, 2.05) is 6.92 Å². The van der Waals surface area contributed by atoms with E-state index in [9.17, 15) is 4.79 Å². The quantitative estimate of drug-likeness (QED) is 0.361. The van der Waals surface area contributed by atoms with Crippen LogP contribution in [0, 0.1) is 0 Å². The van der Waals surface area contributed by atoms with E-state index in [2.05, 4.69) is 6.58 Å². The van der Waals surface area contributed by atoms with Gasteiger partial charge in [0, 0.05) is 19.9 Å². The Hall–Kier alpha value is -0.830. The number of rotatable bonds is 5. The van der Waals surface area contributed by atoms with Gasteiger partial charge in [-0.2, -0.15) is 0 Å². The zero-order valence-electron chi connectivity index (χ0n) is 7.92. The van der Waals surface area contributed by atoms with Gasteiger partial charge in [-0.1, -0.05) is 13.5 Å². The number of ether oxygens (including phenoxy) is 2. The minimum absolute atomic E-state index is 0.462. The van der Waals surface area contributed by atoms with Gasteiger partial charge < -0.3 is 9.47 Å². The normalized spacial score (nSPS) is 10.9. The SMILES string of the molecule is C=CC(=O)OC(C)(C)OCCC. The highest BCUT2D eigenvalue weighted by Crippen LogP contribution is 2.11. The summed E-state index contributed by atoms with van der Waals surface area (Å²) >= 11 is 0. The first kappa shape index (κ1) is 11.2. The van der Waals surface area contributed by atoms with Gasteiger partial charge in [-0.05, 0) is 6.42 Å². The van der Waals surface area contributed by atoms with Gasteiger partial charge in [0.1, 0.15) is 0 Å². The van der Waals surface area contributed by atoms with E-state index in [4.69, 9.17) is 9.47 Å². The molecule has 3 heteroatoms. The summed E-state index contributed by atoms with van der Waals surface area (Å²) in [7, 11) is 0. The van der Waals surface area contributed by atoms with Gasteiger partial charge in [-0.25, -0.2) is 4.79 Å². The van der Waals surface area contributed by atoms with Crippen LogP contribution >= 0.6 is 0 Å². The Bertz CT molecular complexity index is 161. The first-order chi connectivity index (χ1) is 5.52. The summed E-state index contributed by atoms with van der Waals surface area (Å²) < 4.78 is 10.2. The van der Waals surface area contributed by atoms with Gasteiger partial charge in [-0.3, -0.25) is 0 Å². The molecule has 0 atom stereocenters. The fourth-order valence-corrected chi connectivity index (χ4v) is 0.661. The van der Waals surface area contributed by atoms with E-state index in [1.165, 1.54) is 0 Å². The topological polar surface area (TPSA) is 35.5 Å². The molecule has 0 aliphatic rings. The second-order valence-corrected chi connectivity index (χ2v) is 2.87. The maximum Gasteiger partial charge on any atom is 0.332 e. The molecule has 0 aromatic carbocycles. The van der Waals surface area contributed by atoms with Crippen LogP contribution in [0.4, 0.5) is 0 Å². The highest BCUT2D eigenvalue weighted by atomic mass is 16.7. The number of esters is 1. The second kappa shape index (κ2) is 4.93. The molecule has 0 aromatic rings. The third kappa shape index (κ3) is 4.91. The number of hydrogen-bond donors (Lipinski definition) is 0. The fraction of sp³-hybridized carbons (Fsp3) is 0.667. The Balaban J connectivity index is 3.85. The van der Waals surface area contributed by atoms with E-state index in [-0.39, 0.29) is 0 Å². The molecule has 0 amide bonds. The third-order valence-corrected chi connectivity index (χ3v) is 1.17. The summed E-state index contributed by atoms with van der Waals surface area (Å²) in [5.74, 6) is -1.31. The summed E-state index contributed by atoms with van der Waals surface area (Å²) in [5.41, 5.74) is 0. The Morgan fingerprint density at radius 1 is 1.58 bits per heavy atom. The second-order valence-electron chi connectivity index (χ2n) is 2.87. The molecule has 0 aromatic heterocycles. The third-order valence-electron chi connectivity index (χ3n) is 1.17. The van der Waals surface area contributed by atoms with Crippen molar-refractivity contribution in [2.75, 3.05) is 6.61 Å². The van der Waals surface area contributed by atoms with Crippen LogP contribution in [0.2, 0.25) is 0 Å². The lowest BCUT2D eigenvalue weighted by molar-refractivity contribution is -0.210. The van der Waals surface area contributed by atoms with Gasteiger partial charge in [0.25, 0.3) is 0 Å². The van der Waals surface area contributed by atoms with E-state index in [0.29, 0.717) is 6.61 Å². The zero-order valence-corrected chi connectivity index (χ0v) is 7.92. The van der Waals surface area contributed by atoms with Crippen LogP contribution in [0.15, 0.2) is 12.7 Å². The lowest BCUT2D eigenvalue weighted by atomic mass is 10.3. The van der Waals surface area contributed by atoms with Crippen molar-refractivity contribution >= 4 is 5.97 Å². The van der Waals surface area contributed by atoms with E-state index in [0.717, 1.165) is 12.5 Å². The minimum atomic E-state index is -0.846. The van der Waals surface area contributed by atoms with Crippen LogP contribution in [0.1, 0.15) is 27.2 Å². The molecular formula is C9H16O3. The van der Waals surface area contributed by atoms with E-state index < -0.39 is 11.8 Å². The molecule has 0 aliphatic carbocycles. The Labute approximate surface area is 73.4 Å². The van der Waals surface area contributed by atoms with Crippen molar-refractivity contribution in [2.24, 2.45) is 0 Å². The van der Waals surface area contributed by atoms with Crippen LogP contribution < -0.4 is 0 Å². The van der Waals surface area contributed by atoms with Crippen LogP contribution in [-0.4, -0.2) is 18.4 Å². The smallest absolute Gasteiger partial charge is 0.332 e. The monoisotopic (exact) mass is 172 g/mol. The van der Waals surface area contributed by atoms with Crippen molar-refractivity contribution < 1.29 is 14.3 Å². The summed E-state index contributed by atoms with van der Waals surface area (Å²) in [6.07, 6.45) is 2.02. The van der Waals surface area contributed by atoms with Gasteiger partial charge >= 0.3 is 5.97 Å². The summed E-state index contributed by atoms with van der Waals surface area (Å²) in [5, 5.41) is 0. The van der Waals surface area contributed by atoms with Crippen molar-refractivity contribution in [1.82, 2.24) is 0 Å². The van der Waals surface area contributed by atoms with Crippen LogP contribution in [0.5, 0.6) is 0 Å². The molecular weight excluding hydrogens is 156 g/mol. The highest BCUT2D eigenvalue weighted by Gasteiger charge is 2.21. The molecule has 3 nitrogen and oxygen atoms in total. The lowest BCUT2D eigenvalue weighted by Gasteiger charge is -2.24. The molecule has 12 heavy (non-hydrogen) atoms. The number of hydrogen-bond acceptors (Lipinski definition) is 3. The summed E-state index contributed by atoms with van der Waals surface area (Å²) in [4.78, 5) is 10.8. The number of carbonyl (C=O) groups excluding carboxylic acids is 1. The molecule has 0 aliphatic heterocycles. The van der Waals surface area contributed by atoms with E-state index in [1.54, 1.807) is 13.8 Å². The Morgan fingerprint density at radius 2 is 2.17 bits per heavy atom. The molecule has 70 valence electrons. The number of carbonyl (C=O) groups is 1. The summed E-state index contributed by atoms with van der Waals surface area (Å²) in [6.45, 7) is 9.26. The van der Waals surface area contributed by atoms with Crippen LogP contribution in [-0.2, 0) is 14.3 Å². The largest absolute Gasteiger partial charge is 0.431 e. The lowest BCUT2D eigenvalue weighted by Crippen LogP contribution is -2.31. The first-order valence-electron chi connectivity index (χ1n) is 4.01. The average molecular weight is 172 g/mol. The van der Waals surface area contributed by atoms with Gasteiger partial charge in [-0.15, -0.1) is 0 Å². The molecule has 0 spiro atoms. The van der Waals surface area contributed by atoms with Gasteiger partial charge in [0.05, 0.1) is 6.61 Å². The molecule has 0 rings (SSSR count). The first-order valence-corrected chi connectivity index (χ1v) is 4.01. The summed E-state index contributed by atoms with van der Waals surface area (Å²) in [6, 6.07) is 0. The molecule has 0 radical (unpaired) electrons. The predicted molar refractivity (Wildman–Crippen MR) is 46.6 cm³/mol. The maximum absolute atomic E-state index is 10.8. The molecule has 0 N–H and O–H groups in total. The molecule has 0 saturated carbocycles. The van der Waals surface area contributed by atoms with Crippen molar-refractivity contribution in [3.8, 4) is 0 Å².